The second-order valence-corrected chi connectivity index (χ2v) is 5.20. The molecule has 1 aromatic heterocycles. The van der Waals surface area contributed by atoms with E-state index in [-0.39, 0.29) is 15.5 Å². The van der Waals surface area contributed by atoms with Crippen LogP contribution in [0.15, 0.2) is 40.4 Å². The summed E-state index contributed by atoms with van der Waals surface area (Å²) in [5.41, 5.74) is -0.468. The molecule has 0 radical (unpaired) electrons. The fourth-order valence-electron chi connectivity index (χ4n) is 1.63. The van der Waals surface area contributed by atoms with Gasteiger partial charge in [-0.1, -0.05) is 17.8 Å². The van der Waals surface area contributed by atoms with E-state index in [0.717, 1.165) is 23.9 Å². The standard InChI is InChI=1S/C13H9F3N2O2S/c1-7-6-17-18-11(10(7)12(19)20)21-9-4-2-3-8(5-9)13(14,15)16/h2-6H,1H3,(H,19,20). The summed E-state index contributed by atoms with van der Waals surface area (Å²) in [6.07, 6.45) is -3.16. The van der Waals surface area contributed by atoms with E-state index in [4.69, 9.17) is 5.11 Å². The summed E-state index contributed by atoms with van der Waals surface area (Å²) in [5.74, 6) is -1.20. The number of nitrogens with zero attached hydrogens (tertiary/aromatic N) is 2. The van der Waals surface area contributed by atoms with Crippen LogP contribution in [0.25, 0.3) is 0 Å². The number of aromatic carboxylic acids is 1. The first kappa shape index (κ1) is 15.3. The number of carbonyl (C=O) groups is 1. The Balaban J connectivity index is 2.40. The summed E-state index contributed by atoms with van der Waals surface area (Å²) in [7, 11) is 0. The molecule has 2 aromatic rings. The number of aryl methyl sites for hydroxylation is 1. The highest BCUT2D eigenvalue weighted by molar-refractivity contribution is 7.99. The summed E-state index contributed by atoms with van der Waals surface area (Å²) in [4.78, 5) is 11.4. The molecule has 0 saturated carbocycles. The highest BCUT2D eigenvalue weighted by Crippen LogP contribution is 2.35. The van der Waals surface area contributed by atoms with E-state index < -0.39 is 17.7 Å². The molecule has 110 valence electrons. The smallest absolute Gasteiger partial charge is 0.416 e. The zero-order valence-corrected chi connectivity index (χ0v) is 11.5. The van der Waals surface area contributed by atoms with Crippen molar-refractivity contribution in [1.82, 2.24) is 10.2 Å². The minimum atomic E-state index is -4.45. The lowest BCUT2D eigenvalue weighted by Crippen LogP contribution is -2.06. The second-order valence-electron chi connectivity index (χ2n) is 4.14. The largest absolute Gasteiger partial charge is 0.478 e. The number of hydrogen-bond donors (Lipinski definition) is 1. The van der Waals surface area contributed by atoms with Gasteiger partial charge in [-0.3, -0.25) is 0 Å². The molecule has 2 rings (SSSR count). The Morgan fingerprint density at radius 1 is 1.33 bits per heavy atom. The van der Waals surface area contributed by atoms with Gasteiger partial charge in [-0.2, -0.15) is 18.3 Å². The van der Waals surface area contributed by atoms with Gasteiger partial charge < -0.3 is 5.11 Å². The van der Waals surface area contributed by atoms with Crippen molar-refractivity contribution in [3.05, 3.63) is 47.2 Å². The number of benzene rings is 1. The molecular formula is C13H9F3N2O2S. The molecule has 0 saturated heterocycles. The average molecular weight is 314 g/mol. The lowest BCUT2D eigenvalue weighted by Gasteiger charge is -2.09. The highest BCUT2D eigenvalue weighted by Gasteiger charge is 2.30. The van der Waals surface area contributed by atoms with Crippen LogP contribution >= 0.6 is 11.8 Å². The third-order valence-corrected chi connectivity index (χ3v) is 3.57. The molecule has 21 heavy (non-hydrogen) atoms. The predicted octanol–water partition coefficient (Wildman–Crippen LogP) is 3.65. The molecule has 0 fully saturated rings. The third-order valence-electron chi connectivity index (χ3n) is 2.60. The van der Waals surface area contributed by atoms with Crippen LogP contribution < -0.4 is 0 Å². The lowest BCUT2D eigenvalue weighted by atomic mass is 10.2. The summed E-state index contributed by atoms with van der Waals surface area (Å²) in [6, 6.07) is 4.61. The van der Waals surface area contributed by atoms with Gasteiger partial charge in [-0.25, -0.2) is 4.79 Å². The normalized spacial score (nSPS) is 11.4. The number of halogens is 3. The van der Waals surface area contributed by atoms with Gasteiger partial charge in [-0.15, -0.1) is 5.10 Å². The minimum absolute atomic E-state index is 0.0572. The van der Waals surface area contributed by atoms with E-state index in [1.54, 1.807) is 6.92 Å². The van der Waals surface area contributed by atoms with Crippen molar-refractivity contribution in [2.24, 2.45) is 0 Å². The Morgan fingerprint density at radius 3 is 2.67 bits per heavy atom. The van der Waals surface area contributed by atoms with Crippen molar-refractivity contribution in [2.45, 2.75) is 23.0 Å². The number of rotatable bonds is 3. The molecule has 0 amide bonds. The van der Waals surface area contributed by atoms with Crippen LogP contribution in [-0.2, 0) is 6.18 Å². The number of alkyl halides is 3. The zero-order chi connectivity index (χ0) is 15.6. The van der Waals surface area contributed by atoms with Gasteiger partial charge in [0.1, 0.15) is 5.03 Å². The van der Waals surface area contributed by atoms with Gasteiger partial charge in [0.2, 0.25) is 0 Å². The van der Waals surface area contributed by atoms with E-state index in [1.165, 1.54) is 18.3 Å². The molecule has 1 aromatic carbocycles. The van der Waals surface area contributed by atoms with Crippen molar-refractivity contribution >= 4 is 17.7 Å². The quantitative estimate of drug-likeness (QED) is 0.937. The Bertz CT molecular complexity index is 689. The Hall–Kier alpha value is -2.09. The van der Waals surface area contributed by atoms with Crippen molar-refractivity contribution in [1.29, 1.82) is 0 Å². The second kappa shape index (κ2) is 5.72. The van der Waals surface area contributed by atoms with Crippen LogP contribution in [-0.4, -0.2) is 21.3 Å². The topological polar surface area (TPSA) is 63.1 Å². The SMILES string of the molecule is Cc1cnnc(Sc2cccc(C(F)(F)F)c2)c1C(=O)O. The third kappa shape index (κ3) is 3.52. The maximum atomic E-state index is 12.6. The number of carboxylic acids is 1. The fraction of sp³-hybridized carbons (Fsp3) is 0.154. The van der Waals surface area contributed by atoms with Crippen LogP contribution in [0.1, 0.15) is 21.5 Å². The molecule has 0 aliphatic rings. The Labute approximate surface area is 122 Å². The van der Waals surface area contributed by atoms with Crippen molar-refractivity contribution < 1.29 is 23.1 Å². The molecular weight excluding hydrogens is 305 g/mol. The van der Waals surface area contributed by atoms with E-state index >= 15 is 0 Å². The van der Waals surface area contributed by atoms with Crippen molar-refractivity contribution in [3.63, 3.8) is 0 Å². The van der Waals surface area contributed by atoms with E-state index in [0.29, 0.717) is 5.56 Å². The first-order chi connectivity index (χ1) is 9.79. The van der Waals surface area contributed by atoms with E-state index in [9.17, 15) is 18.0 Å². The summed E-state index contributed by atoms with van der Waals surface area (Å²) in [5, 5.41) is 16.5. The molecule has 0 aliphatic heterocycles. The van der Waals surface area contributed by atoms with E-state index in [1.807, 2.05) is 0 Å². The lowest BCUT2D eigenvalue weighted by molar-refractivity contribution is -0.137. The number of hydrogen-bond acceptors (Lipinski definition) is 4. The molecule has 0 atom stereocenters. The van der Waals surface area contributed by atoms with Crippen molar-refractivity contribution in [3.8, 4) is 0 Å². The van der Waals surface area contributed by atoms with Gasteiger partial charge >= 0.3 is 12.1 Å². The molecule has 0 bridgehead atoms. The average Bonchev–Trinajstić information content (AvgIpc) is 2.37. The summed E-state index contributed by atoms with van der Waals surface area (Å²) < 4.78 is 37.9. The monoisotopic (exact) mass is 314 g/mol. The predicted molar refractivity (Wildman–Crippen MR) is 69.3 cm³/mol. The maximum Gasteiger partial charge on any atom is 0.416 e. The Morgan fingerprint density at radius 2 is 2.05 bits per heavy atom. The molecule has 0 aliphatic carbocycles. The van der Waals surface area contributed by atoms with Gasteiger partial charge in [0.15, 0.2) is 0 Å². The summed E-state index contributed by atoms with van der Waals surface area (Å²) in [6.45, 7) is 1.55. The van der Waals surface area contributed by atoms with Crippen LogP contribution in [0, 0.1) is 6.92 Å². The first-order valence-electron chi connectivity index (χ1n) is 5.69. The van der Waals surface area contributed by atoms with E-state index in [2.05, 4.69) is 10.2 Å². The van der Waals surface area contributed by atoms with Crippen LogP contribution in [0.5, 0.6) is 0 Å². The van der Waals surface area contributed by atoms with Crippen LogP contribution in [0.3, 0.4) is 0 Å². The van der Waals surface area contributed by atoms with Gasteiger partial charge in [-0.05, 0) is 30.7 Å². The summed E-state index contributed by atoms with van der Waals surface area (Å²) >= 11 is 0.833. The van der Waals surface area contributed by atoms with Gasteiger partial charge in [0.25, 0.3) is 0 Å². The minimum Gasteiger partial charge on any atom is -0.478 e. The molecule has 0 unspecified atom stereocenters. The molecule has 0 spiro atoms. The van der Waals surface area contributed by atoms with Crippen LogP contribution in [0.4, 0.5) is 13.2 Å². The highest BCUT2D eigenvalue weighted by atomic mass is 32.2. The van der Waals surface area contributed by atoms with Crippen LogP contribution in [0.2, 0.25) is 0 Å². The maximum absolute atomic E-state index is 12.6. The molecule has 4 nitrogen and oxygen atoms in total. The van der Waals surface area contributed by atoms with Crippen molar-refractivity contribution in [2.75, 3.05) is 0 Å². The Kier molecular flexibility index (Phi) is 4.17. The number of carboxylic acid groups (broad SMARTS) is 1. The number of aromatic nitrogens is 2. The van der Waals surface area contributed by atoms with Gasteiger partial charge in [0.05, 0.1) is 17.3 Å². The van der Waals surface area contributed by atoms with Gasteiger partial charge in [0, 0.05) is 4.90 Å². The molecule has 1 heterocycles. The molecule has 1 N–H and O–H groups in total. The zero-order valence-electron chi connectivity index (χ0n) is 10.7. The molecule has 8 heteroatoms. The first-order valence-corrected chi connectivity index (χ1v) is 6.51. The fourth-order valence-corrected chi connectivity index (χ4v) is 2.62.